The molecule has 1 aromatic heterocycles. The maximum atomic E-state index is 10.8. The smallest absolute Gasteiger partial charge is 0.291 e. The second kappa shape index (κ2) is 5.38. The molecule has 19 heavy (non-hydrogen) atoms. The summed E-state index contributed by atoms with van der Waals surface area (Å²) in [7, 11) is 0. The van der Waals surface area contributed by atoms with Crippen LogP contribution in [0.3, 0.4) is 0 Å². The van der Waals surface area contributed by atoms with Crippen LogP contribution in [0.5, 0.6) is 11.6 Å². The summed E-state index contributed by atoms with van der Waals surface area (Å²) in [5, 5.41) is 11.1. The third kappa shape index (κ3) is 2.91. The first-order valence-corrected chi connectivity index (χ1v) is 5.82. The number of hydrogen-bond donors (Lipinski definition) is 0. The minimum Gasteiger partial charge on any atom is -0.437 e. The highest BCUT2D eigenvalue weighted by molar-refractivity contribution is 6.32. The van der Waals surface area contributed by atoms with Gasteiger partial charge in [0.15, 0.2) is 0 Å². The minimum atomic E-state index is -0.587. The number of nitro benzene ring substituents is 1. The summed E-state index contributed by atoms with van der Waals surface area (Å²) in [6, 6.07) is 2.68. The Morgan fingerprint density at radius 1 is 1.32 bits per heavy atom. The Labute approximate surface area is 118 Å². The van der Waals surface area contributed by atoms with Crippen LogP contribution < -0.4 is 4.74 Å². The van der Waals surface area contributed by atoms with Gasteiger partial charge in [0.05, 0.1) is 17.2 Å². The minimum absolute atomic E-state index is 0.0450. The third-order valence-electron chi connectivity index (χ3n) is 2.28. The van der Waals surface area contributed by atoms with Crippen molar-refractivity contribution in [2.24, 2.45) is 0 Å². The zero-order valence-corrected chi connectivity index (χ0v) is 11.1. The molecular weight excluding hydrogens is 293 g/mol. The molecule has 8 heteroatoms. The number of hydrogen-bond acceptors (Lipinski definition) is 5. The highest BCUT2D eigenvalue weighted by atomic mass is 35.5. The molecule has 2 rings (SSSR count). The third-order valence-corrected chi connectivity index (χ3v) is 2.84. The quantitative estimate of drug-likeness (QED) is 0.636. The van der Waals surface area contributed by atoms with Crippen LogP contribution in [-0.4, -0.2) is 14.9 Å². The van der Waals surface area contributed by atoms with Gasteiger partial charge in [-0.2, -0.15) is 0 Å². The van der Waals surface area contributed by atoms with Crippen molar-refractivity contribution in [1.82, 2.24) is 9.97 Å². The van der Waals surface area contributed by atoms with E-state index >= 15 is 0 Å². The van der Waals surface area contributed by atoms with Crippen molar-refractivity contribution >= 4 is 28.9 Å². The fourth-order valence-electron chi connectivity index (χ4n) is 1.37. The molecule has 0 unspecified atom stereocenters. The van der Waals surface area contributed by atoms with E-state index in [1.807, 2.05) is 0 Å². The monoisotopic (exact) mass is 299 g/mol. The van der Waals surface area contributed by atoms with E-state index in [9.17, 15) is 10.1 Å². The zero-order valence-electron chi connectivity index (χ0n) is 9.63. The molecule has 1 aromatic carbocycles. The van der Waals surface area contributed by atoms with Crippen molar-refractivity contribution in [3.05, 3.63) is 50.4 Å². The predicted molar refractivity (Wildman–Crippen MR) is 70.0 cm³/mol. The van der Waals surface area contributed by atoms with Crippen LogP contribution in [0.1, 0.15) is 5.56 Å². The van der Waals surface area contributed by atoms with Gasteiger partial charge in [-0.1, -0.05) is 23.2 Å². The lowest BCUT2D eigenvalue weighted by Gasteiger charge is -2.09. The number of ether oxygens (including phenoxy) is 1. The van der Waals surface area contributed by atoms with E-state index in [2.05, 4.69) is 9.97 Å². The van der Waals surface area contributed by atoms with Gasteiger partial charge in [0.1, 0.15) is 22.1 Å². The van der Waals surface area contributed by atoms with Gasteiger partial charge in [-0.25, -0.2) is 9.97 Å². The lowest BCUT2D eigenvalue weighted by molar-refractivity contribution is -0.384. The fourth-order valence-corrected chi connectivity index (χ4v) is 1.80. The maximum Gasteiger partial charge on any atom is 0.291 e. The normalized spacial score (nSPS) is 10.3. The molecule has 0 amide bonds. The lowest BCUT2D eigenvalue weighted by atomic mass is 10.2. The molecular formula is C11H7Cl2N3O3. The van der Waals surface area contributed by atoms with Gasteiger partial charge in [0, 0.05) is 0 Å². The van der Waals surface area contributed by atoms with Gasteiger partial charge in [-0.05, 0) is 18.6 Å². The van der Waals surface area contributed by atoms with Gasteiger partial charge >= 0.3 is 0 Å². The van der Waals surface area contributed by atoms with Crippen LogP contribution in [0.2, 0.25) is 10.0 Å². The summed E-state index contributed by atoms with van der Waals surface area (Å²) < 4.78 is 5.44. The van der Waals surface area contributed by atoms with E-state index in [0.29, 0.717) is 5.56 Å². The number of nitro groups is 1. The van der Waals surface area contributed by atoms with Crippen LogP contribution in [0, 0.1) is 17.0 Å². The standard InChI is InChI=1S/C11H7Cl2N3O3/c1-6-2-7(12)9(16(17)18)3-10(6)19-11-8(13)4-14-5-15-11/h2-5H,1H3. The van der Waals surface area contributed by atoms with Crippen molar-refractivity contribution < 1.29 is 9.66 Å². The average Bonchev–Trinajstić information content (AvgIpc) is 2.34. The number of rotatable bonds is 3. The molecule has 0 aliphatic heterocycles. The number of aryl methyl sites for hydroxylation is 1. The van der Waals surface area contributed by atoms with E-state index < -0.39 is 4.92 Å². The summed E-state index contributed by atoms with van der Waals surface area (Å²) in [4.78, 5) is 17.8. The van der Waals surface area contributed by atoms with Crippen LogP contribution in [-0.2, 0) is 0 Å². The van der Waals surface area contributed by atoms with Crippen molar-refractivity contribution in [3.63, 3.8) is 0 Å². The Balaban J connectivity index is 2.43. The lowest BCUT2D eigenvalue weighted by Crippen LogP contribution is -1.95. The molecule has 0 aliphatic rings. The summed E-state index contributed by atoms with van der Waals surface area (Å²) in [5.41, 5.74) is 0.387. The molecule has 6 nitrogen and oxygen atoms in total. The number of aromatic nitrogens is 2. The van der Waals surface area contributed by atoms with Crippen LogP contribution in [0.15, 0.2) is 24.7 Å². The van der Waals surface area contributed by atoms with Crippen molar-refractivity contribution in [3.8, 4) is 11.6 Å². The van der Waals surface area contributed by atoms with Gasteiger partial charge < -0.3 is 4.74 Å². The highest BCUT2D eigenvalue weighted by Gasteiger charge is 2.17. The summed E-state index contributed by atoms with van der Waals surface area (Å²) in [6.45, 7) is 1.71. The van der Waals surface area contributed by atoms with Gasteiger partial charge in [-0.3, -0.25) is 10.1 Å². The molecule has 0 N–H and O–H groups in total. The predicted octanol–water partition coefficient (Wildman–Crippen LogP) is 3.79. The molecule has 0 bridgehead atoms. The average molecular weight is 300 g/mol. The van der Waals surface area contributed by atoms with Crippen LogP contribution >= 0.6 is 23.2 Å². The fraction of sp³-hybridized carbons (Fsp3) is 0.0909. The molecule has 0 fully saturated rings. The Morgan fingerprint density at radius 3 is 2.68 bits per heavy atom. The van der Waals surface area contributed by atoms with Crippen molar-refractivity contribution in [1.29, 1.82) is 0 Å². The van der Waals surface area contributed by atoms with Crippen molar-refractivity contribution in [2.75, 3.05) is 0 Å². The first kappa shape index (κ1) is 13.5. The molecule has 0 radical (unpaired) electrons. The Bertz CT molecular complexity index is 649. The van der Waals surface area contributed by atoms with E-state index in [1.54, 1.807) is 6.92 Å². The van der Waals surface area contributed by atoms with Crippen LogP contribution in [0.25, 0.3) is 0 Å². The second-order valence-electron chi connectivity index (χ2n) is 3.60. The number of benzene rings is 1. The number of halogens is 2. The summed E-state index contributed by atoms with van der Waals surface area (Å²) in [5.74, 6) is 0.382. The molecule has 0 aliphatic carbocycles. The molecule has 0 spiro atoms. The maximum absolute atomic E-state index is 10.8. The van der Waals surface area contributed by atoms with Gasteiger partial charge in [0.25, 0.3) is 5.69 Å². The van der Waals surface area contributed by atoms with Crippen molar-refractivity contribution in [2.45, 2.75) is 6.92 Å². The molecule has 0 saturated heterocycles. The molecule has 0 saturated carbocycles. The van der Waals surface area contributed by atoms with Crippen LogP contribution in [0.4, 0.5) is 5.69 Å². The highest BCUT2D eigenvalue weighted by Crippen LogP contribution is 2.35. The molecule has 1 heterocycles. The first-order valence-electron chi connectivity index (χ1n) is 5.07. The molecule has 2 aromatic rings. The van der Waals surface area contributed by atoms with E-state index in [-0.39, 0.29) is 27.4 Å². The van der Waals surface area contributed by atoms with E-state index in [0.717, 1.165) is 0 Å². The summed E-state index contributed by atoms with van der Waals surface area (Å²) in [6.07, 6.45) is 2.63. The number of nitrogens with zero attached hydrogens (tertiary/aromatic N) is 3. The van der Waals surface area contributed by atoms with E-state index in [4.69, 9.17) is 27.9 Å². The topological polar surface area (TPSA) is 78.2 Å². The molecule has 0 atom stereocenters. The molecule has 98 valence electrons. The second-order valence-corrected chi connectivity index (χ2v) is 4.42. The Hall–Kier alpha value is -1.92. The van der Waals surface area contributed by atoms with E-state index in [1.165, 1.54) is 24.7 Å². The van der Waals surface area contributed by atoms with Gasteiger partial charge in [0.2, 0.25) is 5.88 Å². The van der Waals surface area contributed by atoms with Gasteiger partial charge in [-0.15, -0.1) is 0 Å². The first-order chi connectivity index (χ1) is 8.99. The Kier molecular flexibility index (Phi) is 3.82. The summed E-state index contributed by atoms with van der Waals surface area (Å²) >= 11 is 11.6. The Morgan fingerprint density at radius 2 is 2.05 bits per heavy atom. The largest absolute Gasteiger partial charge is 0.437 e. The zero-order chi connectivity index (χ0) is 14.0. The SMILES string of the molecule is Cc1cc(Cl)c([N+](=O)[O-])cc1Oc1ncncc1Cl.